The minimum atomic E-state index is 0. The van der Waals surface area contributed by atoms with Crippen LogP contribution in [0, 0.1) is 5.92 Å². The Hall–Kier alpha value is -1.26. The molecule has 2 bridgehead atoms. The number of phenolic OH excluding ortho intramolecular Hbond substituents is 1. The highest BCUT2D eigenvalue weighted by Gasteiger charge is 2.53. The van der Waals surface area contributed by atoms with Crippen molar-refractivity contribution in [3.8, 4) is 5.75 Å². The lowest BCUT2D eigenvalue weighted by Crippen LogP contribution is -2.59. The molecule has 1 heterocycles. The molecule has 0 aromatic heterocycles. The van der Waals surface area contributed by atoms with Crippen molar-refractivity contribution in [1.29, 1.82) is 0 Å². The first-order chi connectivity index (χ1) is 13.7. The Morgan fingerprint density at radius 2 is 1.87 bits per heavy atom. The Morgan fingerprint density at radius 3 is 2.67 bits per heavy atom. The summed E-state index contributed by atoms with van der Waals surface area (Å²) in [6.07, 6.45) is 7.77. The van der Waals surface area contributed by atoms with Crippen LogP contribution in [0.1, 0.15) is 54.4 Å². The first-order valence-electron chi connectivity index (χ1n) is 11.0. The van der Waals surface area contributed by atoms with E-state index in [4.69, 9.17) is 0 Å². The smallest absolute Gasteiger partial charge is 0.120 e. The second-order valence-corrected chi connectivity index (χ2v) is 9.24. The molecule has 30 heavy (non-hydrogen) atoms. The molecule has 5 rings (SSSR count). The van der Waals surface area contributed by atoms with Gasteiger partial charge in [-0.15, -0.1) is 24.8 Å². The topological polar surface area (TPSA) is 35.5 Å². The molecule has 1 saturated carbocycles. The Morgan fingerprint density at radius 1 is 1.07 bits per heavy atom. The summed E-state index contributed by atoms with van der Waals surface area (Å²) in [5.74, 6) is 1.25. The summed E-state index contributed by atoms with van der Waals surface area (Å²) in [7, 11) is 2.32. The summed E-state index contributed by atoms with van der Waals surface area (Å²) in [5.41, 5.74) is 5.60. The average Bonchev–Trinajstić information content (AvgIpc) is 2.72. The average molecular weight is 449 g/mol. The van der Waals surface area contributed by atoms with Crippen molar-refractivity contribution >= 4 is 24.8 Å². The van der Waals surface area contributed by atoms with Gasteiger partial charge in [0.05, 0.1) is 0 Å². The lowest BCUT2D eigenvalue weighted by atomic mass is 9.52. The number of phenols is 1. The maximum atomic E-state index is 10.8. The summed E-state index contributed by atoms with van der Waals surface area (Å²) in [6.45, 7) is 2.74. The van der Waals surface area contributed by atoms with Crippen molar-refractivity contribution in [2.24, 2.45) is 5.92 Å². The zero-order chi connectivity index (χ0) is 19.1. The molecule has 0 spiro atoms. The zero-order valence-electron chi connectivity index (χ0n) is 17.8. The quantitative estimate of drug-likeness (QED) is 0.673. The van der Waals surface area contributed by atoms with Crippen LogP contribution in [-0.4, -0.2) is 29.6 Å². The number of hydrogen-bond donors (Lipinski definition) is 2. The van der Waals surface area contributed by atoms with Gasteiger partial charge in [0.15, 0.2) is 0 Å². The molecule has 1 saturated heterocycles. The Kier molecular flexibility index (Phi) is 7.40. The van der Waals surface area contributed by atoms with Crippen molar-refractivity contribution in [1.82, 2.24) is 10.2 Å². The number of nitrogens with zero attached hydrogens (tertiary/aromatic N) is 1. The molecule has 2 N–H and O–H groups in total. The molecule has 0 unspecified atom stereocenters. The van der Waals surface area contributed by atoms with E-state index in [0.717, 1.165) is 24.4 Å². The predicted molar refractivity (Wildman–Crippen MR) is 128 cm³/mol. The number of benzene rings is 2. The van der Waals surface area contributed by atoms with E-state index in [1.54, 1.807) is 0 Å². The maximum absolute atomic E-state index is 10.8. The van der Waals surface area contributed by atoms with Gasteiger partial charge in [-0.2, -0.15) is 0 Å². The number of aromatic hydroxyl groups is 1. The molecule has 1 aliphatic heterocycles. The molecule has 0 radical (unpaired) electrons. The number of likely N-dealkylation sites (tertiary alicyclic amines) is 1. The third kappa shape index (κ3) is 3.98. The maximum Gasteiger partial charge on any atom is 0.120 e. The molecule has 2 aliphatic carbocycles. The van der Waals surface area contributed by atoms with Crippen LogP contribution in [-0.2, 0) is 24.9 Å². The molecular formula is C25H34Cl2N2O. The lowest BCUT2D eigenvalue weighted by molar-refractivity contribution is 0.00270. The van der Waals surface area contributed by atoms with Crippen LogP contribution in [0.15, 0.2) is 42.5 Å². The van der Waals surface area contributed by atoms with E-state index in [1.165, 1.54) is 55.3 Å². The minimum Gasteiger partial charge on any atom is -0.508 e. The number of likely N-dealkylation sites (N-methyl/N-ethyl adjacent to an activating group) is 1. The fourth-order valence-electron chi connectivity index (χ4n) is 6.37. The van der Waals surface area contributed by atoms with Crippen molar-refractivity contribution in [2.45, 2.75) is 63.1 Å². The molecule has 3 aliphatic rings. The molecule has 3 atom stereocenters. The summed E-state index contributed by atoms with van der Waals surface area (Å²) in [4.78, 5) is 2.61. The fourth-order valence-corrected chi connectivity index (χ4v) is 6.37. The van der Waals surface area contributed by atoms with Crippen LogP contribution >= 0.6 is 24.8 Å². The Balaban J connectivity index is 0.00000128. The van der Waals surface area contributed by atoms with E-state index in [1.807, 2.05) is 6.07 Å². The molecule has 2 aromatic rings. The minimum absolute atomic E-state index is 0. The molecule has 2 fully saturated rings. The van der Waals surface area contributed by atoms with Gasteiger partial charge in [0, 0.05) is 30.1 Å². The van der Waals surface area contributed by atoms with E-state index in [9.17, 15) is 5.11 Å². The number of rotatable bonds is 4. The highest BCUT2D eigenvalue weighted by Crippen LogP contribution is 2.56. The van der Waals surface area contributed by atoms with Gasteiger partial charge in [0.2, 0.25) is 0 Å². The standard InChI is InChI=1S/C25H32N2O.2ClH/c1-27-12-11-25-10-6-5-9-21(25)23(27)14-19-13-20(24(28)15-22(19)25)17-26-16-18-7-3-2-4-8-18;;/h2-4,7-8,13,15,21,23,26,28H,5-6,9-12,14,16-17H2,1H3;2*1H/t21-,23+,25+;;/m0../s1. The molecule has 0 amide bonds. The van der Waals surface area contributed by atoms with Gasteiger partial charge in [0.25, 0.3) is 0 Å². The van der Waals surface area contributed by atoms with Gasteiger partial charge >= 0.3 is 0 Å². The van der Waals surface area contributed by atoms with Crippen LogP contribution in [0.25, 0.3) is 0 Å². The van der Waals surface area contributed by atoms with E-state index in [-0.39, 0.29) is 24.8 Å². The second-order valence-electron chi connectivity index (χ2n) is 9.24. The summed E-state index contributed by atoms with van der Waals surface area (Å²) in [5, 5.41) is 14.4. The van der Waals surface area contributed by atoms with Crippen molar-refractivity contribution < 1.29 is 5.11 Å². The van der Waals surface area contributed by atoms with Gasteiger partial charge in [-0.25, -0.2) is 0 Å². The molecule has 164 valence electrons. The zero-order valence-corrected chi connectivity index (χ0v) is 19.4. The van der Waals surface area contributed by atoms with Gasteiger partial charge < -0.3 is 15.3 Å². The Labute approximate surface area is 193 Å². The van der Waals surface area contributed by atoms with Crippen LogP contribution < -0.4 is 5.32 Å². The molecule has 2 aromatic carbocycles. The number of piperidine rings is 1. The predicted octanol–water partition coefficient (Wildman–Crippen LogP) is 5.21. The number of halogens is 2. The third-order valence-corrected chi connectivity index (χ3v) is 7.80. The van der Waals surface area contributed by atoms with Gasteiger partial charge in [-0.1, -0.05) is 49.2 Å². The van der Waals surface area contributed by atoms with E-state index in [0.29, 0.717) is 23.8 Å². The highest BCUT2D eigenvalue weighted by atomic mass is 35.5. The summed E-state index contributed by atoms with van der Waals surface area (Å²) < 4.78 is 0. The first-order valence-corrected chi connectivity index (χ1v) is 11.0. The molecule has 3 nitrogen and oxygen atoms in total. The van der Waals surface area contributed by atoms with Crippen LogP contribution in [0.4, 0.5) is 0 Å². The number of hydrogen-bond acceptors (Lipinski definition) is 3. The van der Waals surface area contributed by atoms with Crippen molar-refractivity contribution in [3.05, 3.63) is 64.7 Å². The van der Waals surface area contributed by atoms with Crippen molar-refractivity contribution in [3.63, 3.8) is 0 Å². The van der Waals surface area contributed by atoms with E-state index >= 15 is 0 Å². The van der Waals surface area contributed by atoms with Crippen molar-refractivity contribution in [2.75, 3.05) is 13.6 Å². The SMILES string of the molecule is CN1CC[C@]23CCCC[C@H]2[C@H]1Cc1cc(CNCc2ccccc2)c(O)cc13.Cl.Cl. The first kappa shape index (κ1) is 23.4. The summed E-state index contributed by atoms with van der Waals surface area (Å²) >= 11 is 0. The second kappa shape index (κ2) is 9.48. The van der Waals surface area contributed by atoms with E-state index in [2.05, 4.69) is 53.7 Å². The van der Waals surface area contributed by atoms with Crippen LogP contribution in [0.3, 0.4) is 0 Å². The van der Waals surface area contributed by atoms with Crippen LogP contribution in [0.2, 0.25) is 0 Å². The monoisotopic (exact) mass is 448 g/mol. The van der Waals surface area contributed by atoms with E-state index < -0.39 is 0 Å². The number of fused-ring (bicyclic) bond motifs is 1. The fraction of sp³-hybridized carbons (Fsp3) is 0.520. The van der Waals surface area contributed by atoms with Gasteiger partial charge in [-0.05, 0) is 68.0 Å². The third-order valence-electron chi connectivity index (χ3n) is 7.80. The van der Waals surface area contributed by atoms with Crippen LogP contribution in [0.5, 0.6) is 5.75 Å². The largest absolute Gasteiger partial charge is 0.508 e. The molecule has 5 heteroatoms. The summed E-state index contributed by atoms with van der Waals surface area (Å²) in [6, 6.07) is 15.6. The Bertz CT molecular complexity index is 860. The number of nitrogens with one attached hydrogen (secondary N) is 1. The normalized spacial score (nSPS) is 27.2. The lowest BCUT2D eigenvalue weighted by Gasteiger charge is -2.58. The molecular weight excluding hydrogens is 415 g/mol. The van der Waals surface area contributed by atoms with Gasteiger partial charge in [-0.3, -0.25) is 0 Å². The van der Waals surface area contributed by atoms with Gasteiger partial charge in [0.1, 0.15) is 5.75 Å². The highest BCUT2D eigenvalue weighted by molar-refractivity contribution is 5.85.